The van der Waals surface area contributed by atoms with Crippen LogP contribution in [0.5, 0.6) is 0 Å². The van der Waals surface area contributed by atoms with Crippen molar-refractivity contribution in [2.75, 3.05) is 6.61 Å². The second kappa shape index (κ2) is 8.95. The zero-order valence-electron chi connectivity index (χ0n) is 14.2. The summed E-state index contributed by atoms with van der Waals surface area (Å²) in [7, 11) is 0. The van der Waals surface area contributed by atoms with Crippen LogP contribution < -0.4 is 5.56 Å². The number of hydrogen-bond donors (Lipinski definition) is 0. The number of carbonyl (C=O) groups is 1. The average Bonchev–Trinajstić information content (AvgIpc) is 2.66. The van der Waals surface area contributed by atoms with Crippen molar-refractivity contribution in [1.29, 1.82) is 10.5 Å². The van der Waals surface area contributed by atoms with Crippen LogP contribution >= 0.6 is 0 Å². The van der Waals surface area contributed by atoms with Crippen LogP contribution in [0.2, 0.25) is 0 Å². The second-order valence-electron chi connectivity index (χ2n) is 5.17. The molecule has 0 N–H and O–H groups in total. The Labute approximate surface area is 150 Å². The number of nitrogens with zero attached hydrogens (tertiary/aromatic N) is 4. The van der Waals surface area contributed by atoms with Crippen LogP contribution in [0.1, 0.15) is 18.9 Å². The van der Waals surface area contributed by atoms with Gasteiger partial charge in [-0.2, -0.15) is 15.6 Å². The van der Waals surface area contributed by atoms with Crippen LogP contribution in [0, 0.1) is 22.7 Å². The van der Waals surface area contributed by atoms with Gasteiger partial charge in [0.25, 0.3) is 5.56 Å². The first-order chi connectivity index (χ1) is 12.6. The molecule has 0 amide bonds. The Balaban J connectivity index is 2.63. The minimum atomic E-state index is -0.761. The van der Waals surface area contributed by atoms with E-state index in [2.05, 4.69) is 5.10 Å². The van der Waals surface area contributed by atoms with Gasteiger partial charge in [0.1, 0.15) is 11.6 Å². The molecule has 0 aliphatic carbocycles. The highest BCUT2D eigenvalue weighted by Gasteiger charge is 2.14. The Kier molecular flexibility index (Phi) is 6.41. The predicted molar refractivity (Wildman–Crippen MR) is 94.4 cm³/mol. The zero-order valence-corrected chi connectivity index (χ0v) is 14.2. The van der Waals surface area contributed by atoms with Crippen LogP contribution in [-0.2, 0) is 16.1 Å². The summed E-state index contributed by atoms with van der Waals surface area (Å²) in [6.45, 7) is 1.93. The largest absolute Gasteiger partial charge is 0.462 e. The molecule has 2 rings (SSSR count). The smallest absolute Gasteiger partial charge is 0.348 e. The van der Waals surface area contributed by atoms with E-state index in [9.17, 15) is 14.9 Å². The molecule has 0 spiro atoms. The fourth-order valence-corrected chi connectivity index (χ4v) is 2.25. The molecule has 0 radical (unpaired) electrons. The predicted octanol–water partition coefficient (Wildman–Crippen LogP) is 2.29. The number of hydrogen-bond acceptors (Lipinski definition) is 6. The van der Waals surface area contributed by atoms with Gasteiger partial charge in [-0.3, -0.25) is 4.79 Å². The number of rotatable bonds is 6. The fraction of sp³-hybridized carbons (Fsp3) is 0.211. The molecule has 0 aliphatic heterocycles. The third-order valence-corrected chi connectivity index (χ3v) is 3.43. The molecular weight excluding hydrogens is 332 g/mol. The summed E-state index contributed by atoms with van der Waals surface area (Å²) in [6.07, 6.45) is 1.44. The number of ether oxygens (including phenoxy) is 1. The molecule has 0 bridgehead atoms. The Morgan fingerprint density at radius 2 is 2.04 bits per heavy atom. The molecule has 0 unspecified atom stereocenters. The molecule has 0 saturated heterocycles. The lowest BCUT2D eigenvalue weighted by Gasteiger charge is -2.10. The van der Waals surface area contributed by atoms with Crippen molar-refractivity contribution in [2.45, 2.75) is 19.9 Å². The third kappa shape index (κ3) is 4.43. The number of aromatic nitrogens is 2. The van der Waals surface area contributed by atoms with E-state index in [0.29, 0.717) is 16.8 Å². The molecule has 1 aromatic heterocycles. The van der Waals surface area contributed by atoms with Crippen molar-refractivity contribution in [3.05, 3.63) is 57.9 Å². The monoisotopic (exact) mass is 348 g/mol. The van der Waals surface area contributed by atoms with E-state index in [4.69, 9.17) is 10.00 Å². The topological polar surface area (TPSA) is 109 Å². The van der Waals surface area contributed by atoms with Crippen LogP contribution in [0.25, 0.3) is 17.3 Å². The van der Waals surface area contributed by atoms with Crippen molar-refractivity contribution in [2.24, 2.45) is 0 Å². The molecule has 130 valence electrons. The summed E-state index contributed by atoms with van der Waals surface area (Å²) in [4.78, 5) is 24.1. The highest BCUT2D eigenvalue weighted by atomic mass is 16.5. The van der Waals surface area contributed by atoms with Gasteiger partial charge in [0.05, 0.1) is 31.3 Å². The molecule has 0 atom stereocenters. The van der Waals surface area contributed by atoms with Crippen molar-refractivity contribution < 1.29 is 9.53 Å². The Morgan fingerprint density at radius 1 is 1.31 bits per heavy atom. The van der Waals surface area contributed by atoms with Gasteiger partial charge in [-0.25, -0.2) is 9.48 Å². The third-order valence-electron chi connectivity index (χ3n) is 3.43. The van der Waals surface area contributed by atoms with Crippen LogP contribution in [-0.4, -0.2) is 22.4 Å². The minimum Gasteiger partial charge on any atom is -0.462 e. The Morgan fingerprint density at radius 3 is 2.65 bits per heavy atom. The first-order valence-electron chi connectivity index (χ1n) is 7.94. The van der Waals surface area contributed by atoms with E-state index in [1.54, 1.807) is 25.1 Å². The molecule has 1 heterocycles. The van der Waals surface area contributed by atoms with E-state index < -0.39 is 11.5 Å². The summed E-state index contributed by atoms with van der Waals surface area (Å²) >= 11 is 0. The minimum absolute atomic E-state index is 0.136. The molecule has 7 nitrogen and oxygen atoms in total. The Hall–Kier alpha value is -3.71. The van der Waals surface area contributed by atoms with E-state index in [1.807, 2.05) is 24.3 Å². The van der Waals surface area contributed by atoms with Gasteiger partial charge in [0, 0.05) is 17.2 Å². The van der Waals surface area contributed by atoms with Crippen LogP contribution in [0.4, 0.5) is 0 Å². The normalized spacial score (nSPS) is 10.7. The lowest BCUT2D eigenvalue weighted by molar-refractivity contribution is -0.137. The maximum absolute atomic E-state index is 12.3. The van der Waals surface area contributed by atoms with Gasteiger partial charge in [-0.1, -0.05) is 30.3 Å². The fourth-order valence-electron chi connectivity index (χ4n) is 2.25. The summed E-state index contributed by atoms with van der Waals surface area (Å²) in [6, 6.07) is 14.1. The van der Waals surface area contributed by atoms with Crippen molar-refractivity contribution >= 4 is 12.0 Å². The first-order valence-corrected chi connectivity index (χ1v) is 7.94. The van der Waals surface area contributed by atoms with E-state index >= 15 is 0 Å². The maximum atomic E-state index is 12.3. The maximum Gasteiger partial charge on any atom is 0.348 e. The molecule has 26 heavy (non-hydrogen) atoms. The van der Waals surface area contributed by atoms with Crippen molar-refractivity contribution in [3.8, 4) is 23.4 Å². The quantitative estimate of drug-likeness (QED) is 0.450. The molecular formula is C19H16N4O3. The van der Waals surface area contributed by atoms with Crippen molar-refractivity contribution in [3.63, 3.8) is 0 Å². The van der Waals surface area contributed by atoms with E-state index in [-0.39, 0.29) is 25.1 Å². The van der Waals surface area contributed by atoms with Gasteiger partial charge in [-0.05, 0) is 13.0 Å². The lowest BCUT2D eigenvalue weighted by Crippen LogP contribution is -2.23. The molecule has 0 fully saturated rings. The molecule has 7 heteroatoms. The first kappa shape index (κ1) is 18.6. The summed E-state index contributed by atoms with van der Waals surface area (Å²) in [5.41, 5.74) is 0.831. The SMILES string of the molecule is CCOC(=O)/C(C#N)=C/c1cc(=O)n(CCC#N)nc1-c1ccccc1. The van der Waals surface area contributed by atoms with Gasteiger partial charge in [0.15, 0.2) is 0 Å². The van der Waals surface area contributed by atoms with Crippen LogP contribution in [0.3, 0.4) is 0 Å². The van der Waals surface area contributed by atoms with E-state index in [0.717, 1.165) is 0 Å². The highest BCUT2D eigenvalue weighted by molar-refractivity contribution is 5.98. The number of esters is 1. The van der Waals surface area contributed by atoms with Gasteiger partial charge in [-0.15, -0.1) is 0 Å². The molecule has 2 aromatic rings. The summed E-state index contributed by atoms with van der Waals surface area (Å²) in [5, 5.41) is 22.3. The molecule has 0 saturated carbocycles. The lowest BCUT2D eigenvalue weighted by atomic mass is 10.0. The Bertz CT molecular complexity index is 963. The highest BCUT2D eigenvalue weighted by Crippen LogP contribution is 2.22. The average molecular weight is 348 g/mol. The number of carbonyl (C=O) groups excluding carboxylic acids is 1. The number of aryl methyl sites for hydroxylation is 1. The summed E-state index contributed by atoms with van der Waals surface area (Å²) in [5.74, 6) is -0.761. The number of nitriles is 2. The van der Waals surface area contributed by atoms with Crippen molar-refractivity contribution in [1.82, 2.24) is 9.78 Å². The second-order valence-corrected chi connectivity index (χ2v) is 5.17. The molecule has 0 aliphatic rings. The van der Waals surface area contributed by atoms with Gasteiger partial charge >= 0.3 is 5.97 Å². The standard InChI is InChI=1S/C19H16N4O3/c1-2-26-19(25)16(13-21)11-15-12-17(24)23(10-6-9-20)22-18(15)14-7-4-3-5-8-14/h3-5,7-8,11-12H,2,6,10H2,1H3/b16-11+. The number of benzene rings is 1. The van der Waals surface area contributed by atoms with E-state index in [1.165, 1.54) is 16.8 Å². The van der Waals surface area contributed by atoms with Gasteiger partial charge in [0.2, 0.25) is 0 Å². The zero-order chi connectivity index (χ0) is 18.9. The summed E-state index contributed by atoms with van der Waals surface area (Å²) < 4.78 is 6.04. The molecule has 1 aromatic carbocycles. The van der Waals surface area contributed by atoms with Crippen LogP contribution in [0.15, 0.2) is 46.8 Å². The van der Waals surface area contributed by atoms with Gasteiger partial charge < -0.3 is 4.74 Å².